The Morgan fingerprint density at radius 2 is 0.881 bits per heavy atom. The fourth-order valence-electron chi connectivity index (χ4n) is 6.69. The van der Waals surface area contributed by atoms with E-state index >= 15 is 56.4 Å². The van der Waals surface area contributed by atoms with Gasteiger partial charge in [0.25, 0.3) is 0 Å². The van der Waals surface area contributed by atoms with Crippen LogP contribution in [-0.2, 0) is 19.0 Å². The highest BCUT2D eigenvalue weighted by Crippen LogP contribution is 3.04. The normalized spacial score (nSPS) is 16.5. The second-order valence-electron chi connectivity index (χ2n) is 12.3. The molecule has 0 saturated heterocycles. The summed E-state index contributed by atoms with van der Waals surface area (Å²) >= 11 is 0. The van der Waals surface area contributed by atoms with Gasteiger partial charge in [-0.25, -0.2) is 35.1 Å². The van der Waals surface area contributed by atoms with Crippen LogP contribution in [0.15, 0.2) is 32.3 Å². The first-order chi connectivity index (χ1) is 26.3. The van der Waals surface area contributed by atoms with E-state index in [1.807, 2.05) is 0 Å². The average molecular weight is 911 g/mol. The van der Waals surface area contributed by atoms with Crippen LogP contribution in [0.1, 0.15) is 33.4 Å². The van der Waals surface area contributed by atoms with Gasteiger partial charge >= 0.3 is 32.4 Å². The lowest BCUT2D eigenvalue weighted by molar-refractivity contribution is -0.143. The van der Waals surface area contributed by atoms with Crippen LogP contribution in [0, 0.1) is 89.3 Å². The average Bonchev–Trinajstić information content (AvgIpc) is 3.61. The fourth-order valence-corrected chi connectivity index (χ4v) is 9.19. The molecule has 0 bridgehead atoms. The van der Waals surface area contributed by atoms with Crippen molar-refractivity contribution in [3.63, 3.8) is 0 Å². The van der Waals surface area contributed by atoms with Crippen molar-refractivity contribution in [2.45, 2.75) is 35.7 Å². The second kappa shape index (κ2) is 11.6. The minimum Gasteiger partial charge on any atom is -0.203 e. The van der Waals surface area contributed by atoms with Gasteiger partial charge in [0.05, 0.1) is 16.7 Å². The van der Waals surface area contributed by atoms with Crippen LogP contribution in [-0.4, -0.2) is 0 Å². The molecule has 0 fully saturated rings. The number of nitrogens with zero attached hydrogens (tertiary/aromatic N) is 4. The second-order valence-corrected chi connectivity index (χ2v) is 17.0. The van der Waals surface area contributed by atoms with Crippen molar-refractivity contribution in [3.8, 4) is 12.1 Å². The number of halogens is 21. The maximum Gasteiger partial charge on any atom is 0.523 e. The fraction of sp³-hybridized carbons (Fsp3) is 0.125. The topological polar surface area (TPSA) is 56.3 Å². The van der Waals surface area contributed by atoms with Gasteiger partial charge in [0.2, 0.25) is 0 Å². The van der Waals surface area contributed by atoms with Gasteiger partial charge in [0.15, 0.2) is 46.5 Å². The molecule has 0 radical (unpaired) electrons. The Bertz CT molecular complexity index is 2860. The quantitative estimate of drug-likeness (QED) is 0.113. The molecule has 3 aromatic rings. The summed E-state index contributed by atoms with van der Waals surface area (Å²) in [5, 5.41) is 12.4. The number of nitriles is 2. The van der Waals surface area contributed by atoms with Crippen molar-refractivity contribution >= 4 is 31.6 Å². The number of fused-ring (bicyclic) bond motifs is 2. The molecule has 0 aromatic heterocycles. The predicted octanol–water partition coefficient (Wildman–Crippen LogP) is 12.3. The minimum atomic E-state index is -12.3. The zero-order valence-corrected chi connectivity index (χ0v) is 29.1. The van der Waals surface area contributed by atoms with Gasteiger partial charge in [-0.15, -0.1) is 0 Å². The molecule has 0 N–H and O–H groups in total. The summed E-state index contributed by atoms with van der Waals surface area (Å²) in [6.45, 7) is 14.5. The molecule has 27 heteroatoms. The van der Waals surface area contributed by atoms with Crippen LogP contribution >= 0.6 is 20.4 Å². The van der Waals surface area contributed by atoms with Crippen molar-refractivity contribution in [2.75, 3.05) is 0 Å². The monoisotopic (exact) mass is 910 g/mol. The van der Waals surface area contributed by atoms with E-state index in [1.165, 1.54) is 0 Å². The van der Waals surface area contributed by atoms with Crippen molar-refractivity contribution < 1.29 is 87.2 Å². The zero-order valence-electron chi connectivity index (χ0n) is 27.5. The van der Waals surface area contributed by atoms with Crippen LogP contribution in [0.4, 0.5) is 87.2 Å². The molecule has 59 heavy (non-hydrogen) atoms. The predicted molar refractivity (Wildman–Crippen MR) is 162 cm³/mol. The minimum absolute atomic E-state index is 0.242. The van der Waals surface area contributed by atoms with Crippen molar-refractivity contribution in [1.82, 2.24) is 0 Å². The molecule has 3 aromatic carbocycles. The van der Waals surface area contributed by atoms with Crippen LogP contribution in [0.25, 0.3) is 20.8 Å². The van der Waals surface area contributed by atoms with Crippen molar-refractivity contribution in [1.29, 1.82) is 10.5 Å². The molecule has 0 spiro atoms. The summed E-state index contributed by atoms with van der Waals surface area (Å²) < 4.78 is 317. The summed E-state index contributed by atoms with van der Waals surface area (Å²) in [6.07, 6.45) is -11.8. The van der Waals surface area contributed by atoms with Gasteiger partial charge in [-0.2, -0.15) is 33.4 Å². The molecule has 0 aliphatic heterocycles. The molecule has 0 amide bonds. The van der Waals surface area contributed by atoms with E-state index in [9.17, 15) is 41.3 Å². The standard InChI is InChI=1S/C32H7F21N4S2/c1-8-21(33)23(35)19(24(36)22(8)34)15-13(31(56-2)57-3)5-12-17(15)29(58(44,45,46,47)48)11-4-10(9(6-54)7-55)14(16(11)30(12)59(49,50,51,52)53)18-25(37)27(39)20(32(41,42)43)28(40)26(18)38/h4-5H2,1H3. The lowest BCUT2D eigenvalue weighted by atomic mass is 9.93. The summed E-state index contributed by atoms with van der Waals surface area (Å²) in [6, 6.07) is 1.31. The van der Waals surface area contributed by atoms with Crippen molar-refractivity contribution in [2.24, 2.45) is 0 Å². The van der Waals surface area contributed by atoms with Gasteiger partial charge in [-0.3, -0.25) is 0 Å². The SMILES string of the molecule is [C-]#[N+]C([N+]#[C-])=C1Cc2c(S(F)(F)(F)(F)F)c3c(c(S(F)(F)(F)(F)F)c2=C1c1c(F)c(F)c(C)c(F)c1F)CC(=C(C#N)C#N)C=3c1c(F)c(F)c(C(F)(F)F)c(F)c1F. The van der Waals surface area contributed by atoms with E-state index in [4.69, 9.17) is 13.1 Å². The molecule has 2 aliphatic carbocycles. The number of benzene rings is 3. The highest BCUT2D eigenvalue weighted by molar-refractivity contribution is 8.46. The first kappa shape index (κ1) is 44.2. The number of hydrogen-bond donors (Lipinski definition) is 0. The molecule has 5 rings (SSSR count). The largest absolute Gasteiger partial charge is 0.523 e. The Hall–Kier alpha value is -5.93. The third-order valence-corrected chi connectivity index (χ3v) is 11.2. The Labute approximate surface area is 312 Å². The van der Waals surface area contributed by atoms with Crippen LogP contribution in [0.5, 0.6) is 0 Å². The maximum atomic E-state index is 15.6. The van der Waals surface area contributed by atoms with Gasteiger partial charge in [0.1, 0.15) is 46.2 Å². The molecule has 0 saturated carbocycles. The van der Waals surface area contributed by atoms with Crippen LogP contribution in [0.2, 0.25) is 0 Å². The Morgan fingerprint density at radius 1 is 0.559 bits per heavy atom. The lowest BCUT2D eigenvalue weighted by Crippen LogP contribution is -2.35. The van der Waals surface area contributed by atoms with E-state index in [2.05, 4.69) is 9.69 Å². The molecule has 0 unspecified atom stereocenters. The lowest BCUT2D eigenvalue weighted by Gasteiger charge is -2.45. The van der Waals surface area contributed by atoms with Crippen LogP contribution < -0.4 is 10.4 Å². The summed E-state index contributed by atoms with van der Waals surface area (Å²) in [5.74, 6) is -27.6. The third kappa shape index (κ3) is 6.65. The third-order valence-electron chi connectivity index (χ3n) is 8.72. The number of hydrogen-bond acceptors (Lipinski definition) is 2. The molecule has 4 nitrogen and oxygen atoms in total. The molecule has 314 valence electrons. The molecular formula is C32H7F21N4S2. The van der Waals surface area contributed by atoms with E-state index in [0.29, 0.717) is 12.1 Å². The summed E-state index contributed by atoms with van der Waals surface area (Å²) in [7, 11) is -24.6. The first-order valence-corrected chi connectivity index (χ1v) is 18.4. The zero-order chi connectivity index (χ0) is 45.4. The maximum absolute atomic E-state index is 15.6. The summed E-state index contributed by atoms with van der Waals surface area (Å²) in [5.41, 5.74) is -29.1. The highest BCUT2D eigenvalue weighted by atomic mass is 32.5. The van der Waals surface area contributed by atoms with E-state index in [0.717, 1.165) is 0 Å². The Balaban J connectivity index is 2.46. The number of rotatable bonds is 4. The molecule has 0 heterocycles. The van der Waals surface area contributed by atoms with E-state index in [1.54, 1.807) is 0 Å². The molecule has 0 atom stereocenters. The smallest absolute Gasteiger partial charge is 0.203 e. The Kier molecular flexibility index (Phi) is 8.71. The van der Waals surface area contributed by atoms with Gasteiger partial charge in [0, 0.05) is 28.0 Å². The van der Waals surface area contributed by atoms with Gasteiger partial charge in [-0.05, 0) is 35.6 Å². The first-order valence-electron chi connectivity index (χ1n) is 14.5. The Morgan fingerprint density at radius 3 is 1.19 bits per heavy atom. The van der Waals surface area contributed by atoms with E-state index in [-0.39, 0.29) is 6.92 Å². The summed E-state index contributed by atoms with van der Waals surface area (Å²) in [4.78, 5) is -3.54. The van der Waals surface area contributed by atoms with Gasteiger partial charge in [-0.1, -0.05) is 38.9 Å². The molecule has 2 aliphatic rings. The van der Waals surface area contributed by atoms with Gasteiger partial charge < -0.3 is 0 Å². The highest BCUT2D eigenvalue weighted by Gasteiger charge is 2.72. The number of alkyl halides is 3. The van der Waals surface area contributed by atoms with E-state index < -0.39 is 173 Å². The van der Waals surface area contributed by atoms with Crippen LogP contribution in [0.3, 0.4) is 0 Å². The van der Waals surface area contributed by atoms with Crippen molar-refractivity contribution in [3.05, 3.63) is 136 Å². The molecular weight excluding hydrogens is 903 g/mol. The number of allylic oxidation sites excluding steroid dienone is 3.